The average molecular weight is 240 g/mol. The molecule has 2 aromatic heterocycles. The lowest BCUT2D eigenvalue weighted by atomic mass is 10.5. The van der Waals surface area contributed by atoms with Crippen LogP contribution in [0.15, 0.2) is 28.9 Å². The van der Waals surface area contributed by atoms with E-state index < -0.39 is 5.82 Å². The highest BCUT2D eigenvalue weighted by Crippen LogP contribution is 2.23. The Morgan fingerprint density at radius 2 is 2.00 bits per heavy atom. The van der Waals surface area contributed by atoms with E-state index in [1.54, 1.807) is 17.8 Å². The van der Waals surface area contributed by atoms with Crippen LogP contribution in [0.4, 0.5) is 4.39 Å². The van der Waals surface area contributed by atoms with Crippen LogP contribution >= 0.6 is 11.8 Å². The minimum absolute atomic E-state index is 0.0751. The molecule has 0 spiro atoms. The molecule has 2 aromatic rings. The average Bonchev–Trinajstić information content (AvgIpc) is 2.63. The van der Waals surface area contributed by atoms with Crippen molar-refractivity contribution >= 4 is 11.8 Å². The Morgan fingerprint density at radius 3 is 2.56 bits per heavy atom. The molecule has 0 aliphatic heterocycles. The zero-order valence-electron chi connectivity index (χ0n) is 8.46. The Balaban J connectivity index is 2.20. The summed E-state index contributed by atoms with van der Waals surface area (Å²) >= 11 is 1.21. The Morgan fingerprint density at radius 1 is 1.31 bits per heavy atom. The first-order chi connectivity index (χ1) is 7.70. The van der Waals surface area contributed by atoms with E-state index in [2.05, 4.69) is 15.0 Å². The molecule has 0 aliphatic carbocycles. The molecule has 0 unspecified atom stereocenters. The number of nitrogens with zero attached hydrogens (tertiary/aromatic N) is 4. The third-order valence-corrected chi connectivity index (χ3v) is 2.94. The summed E-state index contributed by atoms with van der Waals surface area (Å²) in [6.07, 6.45) is 3.78. The molecule has 0 saturated carbocycles. The molecule has 0 aliphatic rings. The highest BCUT2D eigenvalue weighted by Gasteiger charge is 2.08. The Labute approximate surface area is 95.4 Å². The SMILES string of the molecule is Cn1c(CO)cnc1Sc1ncc(F)cn1. The summed E-state index contributed by atoms with van der Waals surface area (Å²) in [5.41, 5.74) is 0.699. The summed E-state index contributed by atoms with van der Waals surface area (Å²) in [6, 6.07) is 0. The van der Waals surface area contributed by atoms with Gasteiger partial charge in [0.1, 0.15) is 0 Å². The zero-order valence-corrected chi connectivity index (χ0v) is 9.28. The lowest BCUT2D eigenvalue weighted by molar-refractivity contribution is 0.271. The second-order valence-corrected chi connectivity index (χ2v) is 3.97. The molecule has 7 heteroatoms. The van der Waals surface area contributed by atoms with Gasteiger partial charge in [0.05, 0.1) is 30.9 Å². The molecule has 16 heavy (non-hydrogen) atoms. The molecule has 5 nitrogen and oxygen atoms in total. The van der Waals surface area contributed by atoms with Gasteiger partial charge in [-0.15, -0.1) is 0 Å². The van der Waals surface area contributed by atoms with Crippen LogP contribution in [0.1, 0.15) is 5.69 Å². The summed E-state index contributed by atoms with van der Waals surface area (Å²) < 4.78 is 14.3. The Kier molecular flexibility index (Phi) is 3.16. The van der Waals surface area contributed by atoms with Crippen LogP contribution in [0.25, 0.3) is 0 Å². The molecule has 0 radical (unpaired) electrons. The molecule has 0 amide bonds. The minimum Gasteiger partial charge on any atom is -0.390 e. The number of halogens is 1. The van der Waals surface area contributed by atoms with Gasteiger partial charge in [-0.25, -0.2) is 19.3 Å². The van der Waals surface area contributed by atoms with Crippen molar-refractivity contribution in [2.24, 2.45) is 7.05 Å². The van der Waals surface area contributed by atoms with Gasteiger partial charge in [0.15, 0.2) is 16.1 Å². The fraction of sp³-hybridized carbons (Fsp3) is 0.222. The number of aliphatic hydroxyl groups excluding tert-OH is 1. The van der Waals surface area contributed by atoms with Crippen molar-refractivity contribution in [2.45, 2.75) is 16.9 Å². The predicted molar refractivity (Wildman–Crippen MR) is 55.2 cm³/mol. The van der Waals surface area contributed by atoms with Crippen LogP contribution < -0.4 is 0 Å². The first-order valence-corrected chi connectivity index (χ1v) is 5.29. The largest absolute Gasteiger partial charge is 0.390 e. The molecular formula is C9H9FN4OS. The third-order valence-electron chi connectivity index (χ3n) is 1.98. The van der Waals surface area contributed by atoms with Crippen LogP contribution in [0.2, 0.25) is 0 Å². The van der Waals surface area contributed by atoms with Gasteiger partial charge in [-0.2, -0.15) is 0 Å². The molecule has 0 aromatic carbocycles. The highest BCUT2D eigenvalue weighted by atomic mass is 32.2. The van der Waals surface area contributed by atoms with Crippen LogP contribution in [-0.2, 0) is 13.7 Å². The van der Waals surface area contributed by atoms with Gasteiger partial charge in [0.2, 0.25) is 0 Å². The Hall–Kier alpha value is -1.47. The van der Waals surface area contributed by atoms with Gasteiger partial charge in [-0.05, 0) is 11.8 Å². The van der Waals surface area contributed by atoms with E-state index in [4.69, 9.17) is 5.11 Å². The first kappa shape index (κ1) is 11.0. The van der Waals surface area contributed by atoms with Crippen LogP contribution in [-0.4, -0.2) is 24.6 Å². The number of rotatable bonds is 3. The third kappa shape index (κ3) is 2.20. The van der Waals surface area contributed by atoms with Gasteiger partial charge in [0.25, 0.3) is 0 Å². The van der Waals surface area contributed by atoms with Gasteiger partial charge in [-0.1, -0.05) is 0 Å². The van der Waals surface area contributed by atoms with Crippen LogP contribution in [0, 0.1) is 5.82 Å². The van der Waals surface area contributed by atoms with E-state index in [1.165, 1.54) is 11.8 Å². The molecule has 2 rings (SSSR count). The van der Waals surface area contributed by atoms with Crippen molar-refractivity contribution < 1.29 is 9.50 Å². The lowest BCUT2D eigenvalue weighted by Gasteiger charge is -2.02. The summed E-state index contributed by atoms with van der Waals surface area (Å²) in [5.74, 6) is -0.472. The molecule has 1 N–H and O–H groups in total. The van der Waals surface area contributed by atoms with Crippen molar-refractivity contribution in [2.75, 3.05) is 0 Å². The summed E-state index contributed by atoms with van der Waals surface area (Å²) in [5, 5.41) is 10.0. The first-order valence-electron chi connectivity index (χ1n) is 4.47. The van der Waals surface area contributed by atoms with Crippen molar-refractivity contribution in [1.82, 2.24) is 19.5 Å². The molecule has 2 heterocycles. The Bertz CT molecular complexity index is 485. The van der Waals surface area contributed by atoms with E-state index in [0.29, 0.717) is 16.0 Å². The highest BCUT2D eigenvalue weighted by molar-refractivity contribution is 7.99. The fourth-order valence-corrected chi connectivity index (χ4v) is 1.84. The molecule has 0 fully saturated rings. The molecule has 0 bridgehead atoms. The second-order valence-electron chi connectivity index (χ2n) is 3.04. The molecule has 0 saturated heterocycles. The number of imidazole rings is 1. The van der Waals surface area contributed by atoms with Gasteiger partial charge >= 0.3 is 0 Å². The van der Waals surface area contributed by atoms with Crippen LogP contribution in [0.3, 0.4) is 0 Å². The van der Waals surface area contributed by atoms with Gasteiger partial charge < -0.3 is 9.67 Å². The minimum atomic E-state index is -0.472. The topological polar surface area (TPSA) is 63.8 Å². The predicted octanol–water partition coefficient (Wildman–Crippen LogP) is 0.993. The van der Waals surface area contributed by atoms with Crippen molar-refractivity contribution in [3.8, 4) is 0 Å². The van der Waals surface area contributed by atoms with Crippen molar-refractivity contribution in [3.05, 3.63) is 30.1 Å². The van der Waals surface area contributed by atoms with E-state index >= 15 is 0 Å². The van der Waals surface area contributed by atoms with Gasteiger partial charge in [-0.3, -0.25) is 0 Å². The second kappa shape index (κ2) is 4.58. The van der Waals surface area contributed by atoms with Crippen molar-refractivity contribution in [1.29, 1.82) is 0 Å². The standard InChI is InChI=1S/C9H9FN4OS/c1-14-7(5-15)4-13-9(14)16-8-11-2-6(10)3-12-8/h2-4,15H,5H2,1H3. The van der Waals surface area contributed by atoms with Crippen molar-refractivity contribution in [3.63, 3.8) is 0 Å². The maximum absolute atomic E-state index is 12.6. The van der Waals surface area contributed by atoms with E-state index in [1.807, 2.05) is 0 Å². The molecule has 0 atom stereocenters. The summed E-state index contributed by atoms with van der Waals surface area (Å²) in [7, 11) is 1.78. The van der Waals surface area contributed by atoms with E-state index in [9.17, 15) is 4.39 Å². The number of aromatic nitrogens is 4. The monoisotopic (exact) mass is 240 g/mol. The maximum Gasteiger partial charge on any atom is 0.195 e. The quantitative estimate of drug-likeness (QED) is 0.811. The zero-order chi connectivity index (χ0) is 11.5. The molecule has 84 valence electrons. The smallest absolute Gasteiger partial charge is 0.195 e. The number of hydrogen-bond donors (Lipinski definition) is 1. The van der Waals surface area contributed by atoms with Gasteiger partial charge in [0, 0.05) is 7.05 Å². The number of aliphatic hydroxyl groups is 1. The fourth-order valence-electron chi connectivity index (χ4n) is 1.10. The lowest BCUT2D eigenvalue weighted by Crippen LogP contribution is -1.98. The summed E-state index contributed by atoms with van der Waals surface area (Å²) in [4.78, 5) is 11.7. The van der Waals surface area contributed by atoms with Crippen LogP contribution in [0.5, 0.6) is 0 Å². The maximum atomic E-state index is 12.6. The van der Waals surface area contributed by atoms with E-state index in [0.717, 1.165) is 12.4 Å². The van der Waals surface area contributed by atoms with E-state index in [-0.39, 0.29) is 6.61 Å². The number of hydrogen-bond acceptors (Lipinski definition) is 5. The normalized spacial score (nSPS) is 10.7. The summed E-state index contributed by atoms with van der Waals surface area (Å²) in [6.45, 7) is -0.0751. The molecular weight excluding hydrogens is 231 g/mol.